The Morgan fingerprint density at radius 2 is 0.779 bits per heavy atom. The molecule has 13 rings (SSSR count). The van der Waals surface area contributed by atoms with Crippen molar-refractivity contribution in [1.29, 1.82) is 0 Å². The molecule has 5 heteroatoms. The van der Waals surface area contributed by atoms with Gasteiger partial charge in [0.1, 0.15) is 0 Å². The second-order valence-electron chi connectivity index (χ2n) is 17.2. The van der Waals surface area contributed by atoms with E-state index in [4.69, 9.17) is 15.0 Å². The van der Waals surface area contributed by atoms with Crippen LogP contribution in [0.4, 0.5) is 0 Å². The van der Waals surface area contributed by atoms with Crippen molar-refractivity contribution < 1.29 is 0 Å². The Bertz CT molecular complexity index is 3950. The molecule has 0 fully saturated rings. The maximum Gasteiger partial charge on any atom is 0.164 e. The standard InChI is InChI=1S/C63H40N4S/c1-5-17-41(18-6-1)48-36-49(42-19-7-2-8-20-42)38-50(37-48)44-23-15-24-47(35-44)62-64-61(43-21-9-3-10-22-43)65-63(66-62)54-28-16-30-58-60(54)53-33-31-46(40-59(53)68-58)45-32-34-57-55(39-45)52-27-13-14-29-56(52)67(57)51-25-11-4-12-26-51/h1-40H. The Labute approximate surface area is 397 Å². The van der Waals surface area contributed by atoms with Crippen molar-refractivity contribution in [2.24, 2.45) is 0 Å². The lowest BCUT2D eigenvalue weighted by Crippen LogP contribution is -2.00. The molecule has 68 heavy (non-hydrogen) atoms. The molecule has 0 atom stereocenters. The van der Waals surface area contributed by atoms with Gasteiger partial charge in [-0.3, -0.25) is 0 Å². The SMILES string of the molecule is c1ccc(-c2cc(-c3ccccc3)cc(-c3cccc(-c4nc(-c5ccccc5)nc(-c5cccc6sc7cc(-c8ccc9c(c8)c8ccccc8n9-c8ccccc8)ccc7c56)n4)c3)c2)cc1. The molecule has 0 saturated carbocycles. The number of hydrogen-bond donors (Lipinski definition) is 0. The van der Waals surface area contributed by atoms with Gasteiger partial charge in [0.25, 0.3) is 0 Å². The van der Waals surface area contributed by atoms with E-state index in [9.17, 15) is 0 Å². The summed E-state index contributed by atoms with van der Waals surface area (Å²) in [6.45, 7) is 0. The predicted octanol–water partition coefficient (Wildman–Crippen LogP) is 17.0. The van der Waals surface area contributed by atoms with Gasteiger partial charge < -0.3 is 4.57 Å². The van der Waals surface area contributed by atoms with Gasteiger partial charge in [-0.05, 0) is 111 Å². The van der Waals surface area contributed by atoms with Crippen LogP contribution in [0.1, 0.15) is 0 Å². The Balaban J connectivity index is 0.925. The molecule has 3 heterocycles. The first-order valence-corrected chi connectivity index (χ1v) is 23.7. The Kier molecular flexibility index (Phi) is 9.66. The fraction of sp³-hybridized carbons (Fsp3) is 0. The first-order chi connectivity index (χ1) is 33.7. The van der Waals surface area contributed by atoms with E-state index in [-0.39, 0.29) is 0 Å². The summed E-state index contributed by atoms with van der Waals surface area (Å²) in [5, 5.41) is 4.82. The van der Waals surface area contributed by atoms with E-state index in [1.165, 1.54) is 58.8 Å². The van der Waals surface area contributed by atoms with Crippen molar-refractivity contribution in [2.75, 3.05) is 0 Å². The zero-order valence-electron chi connectivity index (χ0n) is 36.8. The number of rotatable bonds is 8. The molecular weight excluding hydrogens is 845 g/mol. The molecule has 0 radical (unpaired) electrons. The lowest BCUT2D eigenvalue weighted by atomic mass is 9.93. The molecule has 10 aromatic carbocycles. The predicted molar refractivity (Wildman–Crippen MR) is 285 cm³/mol. The van der Waals surface area contributed by atoms with Gasteiger partial charge in [0.15, 0.2) is 17.5 Å². The Morgan fingerprint density at radius 3 is 1.50 bits per heavy atom. The summed E-state index contributed by atoms with van der Waals surface area (Å²) < 4.78 is 4.77. The Hall–Kier alpha value is -8.77. The van der Waals surface area contributed by atoms with Crippen LogP contribution in [0.5, 0.6) is 0 Å². The first-order valence-electron chi connectivity index (χ1n) is 22.9. The molecule has 0 aliphatic carbocycles. The topological polar surface area (TPSA) is 43.6 Å². The number of nitrogens with zero attached hydrogens (tertiary/aromatic N) is 4. The van der Waals surface area contributed by atoms with E-state index in [0.29, 0.717) is 17.5 Å². The molecule has 0 aliphatic heterocycles. The van der Waals surface area contributed by atoms with Gasteiger partial charge in [0.05, 0.1) is 11.0 Å². The fourth-order valence-corrected chi connectivity index (χ4v) is 10.9. The first kappa shape index (κ1) is 39.6. The van der Waals surface area contributed by atoms with E-state index in [1.54, 1.807) is 0 Å². The van der Waals surface area contributed by atoms with Crippen LogP contribution in [0, 0.1) is 0 Å². The van der Waals surface area contributed by atoms with Crippen molar-refractivity contribution in [3.63, 3.8) is 0 Å². The van der Waals surface area contributed by atoms with Gasteiger partial charge in [0, 0.05) is 53.3 Å². The summed E-state index contributed by atoms with van der Waals surface area (Å²) in [6.07, 6.45) is 0. The average molecular weight is 885 g/mol. The number of para-hydroxylation sites is 2. The summed E-state index contributed by atoms with van der Waals surface area (Å²) in [5.74, 6) is 1.91. The molecular formula is C63H40N4S. The highest BCUT2D eigenvalue weighted by Gasteiger charge is 2.19. The van der Waals surface area contributed by atoms with Crippen LogP contribution in [-0.4, -0.2) is 19.5 Å². The third-order valence-corrected chi connectivity index (χ3v) is 14.1. The third-order valence-electron chi connectivity index (χ3n) is 13.0. The molecule has 0 unspecified atom stereocenters. The largest absolute Gasteiger partial charge is 0.309 e. The normalized spacial score (nSPS) is 11.5. The monoisotopic (exact) mass is 884 g/mol. The van der Waals surface area contributed by atoms with Crippen LogP contribution in [0.3, 0.4) is 0 Å². The maximum atomic E-state index is 5.32. The van der Waals surface area contributed by atoms with Gasteiger partial charge in [-0.25, -0.2) is 15.0 Å². The summed E-state index contributed by atoms with van der Waals surface area (Å²) in [6, 6.07) is 86.5. The van der Waals surface area contributed by atoms with Crippen LogP contribution in [0.25, 0.3) is 126 Å². The maximum absolute atomic E-state index is 5.32. The summed E-state index contributed by atoms with van der Waals surface area (Å²) >= 11 is 1.81. The van der Waals surface area contributed by atoms with Crippen molar-refractivity contribution in [3.8, 4) is 84.4 Å². The van der Waals surface area contributed by atoms with Crippen LogP contribution < -0.4 is 0 Å². The summed E-state index contributed by atoms with van der Waals surface area (Å²) in [4.78, 5) is 15.7. The average Bonchev–Trinajstić information content (AvgIpc) is 3.97. The minimum absolute atomic E-state index is 0.626. The molecule has 0 bridgehead atoms. The number of fused-ring (bicyclic) bond motifs is 6. The molecule has 0 N–H and O–H groups in total. The van der Waals surface area contributed by atoms with E-state index < -0.39 is 0 Å². The lowest BCUT2D eigenvalue weighted by molar-refractivity contribution is 1.08. The van der Waals surface area contributed by atoms with E-state index in [1.807, 2.05) is 29.5 Å². The minimum atomic E-state index is 0.626. The molecule has 0 aliphatic rings. The molecule has 0 spiro atoms. The molecule has 13 aromatic rings. The summed E-state index contributed by atoms with van der Waals surface area (Å²) in [7, 11) is 0. The highest BCUT2D eigenvalue weighted by molar-refractivity contribution is 7.26. The highest BCUT2D eigenvalue weighted by Crippen LogP contribution is 2.43. The minimum Gasteiger partial charge on any atom is -0.309 e. The van der Waals surface area contributed by atoms with Gasteiger partial charge >= 0.3 is 0 Å². The van der Waals surface area contributed by atoms with Gasteiger partial charge in [-0.15, -0.1) is 11.3 Å². The third kappa shape index (κ3) is 7.05. The molecule has 4 nitrogen and oxygen atoms in total. The van der Waals surface area contributed by atoms with Gasteiger partial charge in [-0.2, -0.15) is 0 Å². The summed E-state index contributed by atoms with van der Waals surface area (Å²) in [5.41, 5.74) is 15.7. The van der Waals surface area contributed by atoms with Crippen LogP contribution in [-0.2, 0) is 0 Å². The van der Waals surface area contributed by atoms with Crippen LogP contribution in [0.15, 0.2) is 243 Å². The van der Waals surface area contributed by atoms with Crippen LogP contribution >= 0.6 is 11.3 Å². The van der Waals surface area contributed by atoms with E-state index in [2.05, 4.69) is 229 Å². The number of hydrogen-bond acceptors (Lipinski definition) is 4. The molecule has 0 amide bonds. The number of benzene rings is 10. The quantitative estimate of drug-likeness (QED) is 0.153. The Morgan fingerprint density at radius 1 is 0.279 bits per heavy atom. The van der Waals surface area contributed by atoms with E-state index in [0.717, 1.165) is 50.0 Å². The molecule has 318 valence electrons. The van der Waals surface area contributed by atoms with Crippen molar-refractivity contribution in [1.82, 2.24) is 19.5 Å². The van der Waals surface area contributed by atoms with Crippen molar-refractivity contribution in [3.05, 3.63) is 243 Å². The van der Waals surface area contributed by atoms with Gasteiger partial charge in [-0.1, -0.05) is 176 Å². The fourth-order valence-electron chi connectivity index (χ4n) is 9.77. The lowest BCUT2D eigenvalue weighted by Gasteiger charge is -2.13. The highest BCUT2D eigenvalue weighted by atomic mass is 32.1. The number of thiophene rings is 1. The van der Waals surface area contributed by atoms with Crippen molar-refractivity contribution in [2.45, 2.75) is 0 Å². The number of aromatic nitrogens is 4. The van der Waals surface area contributed by atoms with Gasteiger partial charge in [0.2, 0.25) is 0 Å². The molecule has 0 saturated heterocycles. The second-order valence-corrected chi connectivity index (χ2v) is 18.3. The second kappa shape index (κ2) is 16.6. The van der Waals surface area contributed by atoms with E-state index >= 15 is 0 Å². The van der Waals surface area contributed by atoms with Crippen LogP contribution in [0.2, 0.25) is 0 Å². The zero-order valence-corrected chi connectivity index (χ0v) is 37.6. The molecule has 3 aromatic heterocycles. The van der Waals surface area contributed by atoms with Crippen molar-refractivity contribution >= 4 is 53.3 Å². The zero-order chi connectivity index (χ0) is 45.0. The smallest absolute Gasteiger partial charge is 0.164 e.